The van der Waals surface area contributed by atoms with Gasteiger partial charge in [-0.3, -0.25) is 4.98 Å². The molecule has 1 aromatic heterocycles. The highest BCUT2D eigenvalue weighted by Crippen LogP contribution is 2.24. The van der Waals surface area contributed by atoms with Crippen LogP contribution in [0, 0.1) is 0 Å². The van der Waals surface area contributed by atoms with E-state index in [1.54, 1.807) is 6.20 Å². The molecule has 1 heterocycles. The molecule has 0 aliphatic heterocycles. The van der Waals surface area contributed by atoms with E-state index in [-0.39, 0.29) is 0 Å². The minimum atomic E-state index is -0.448. The quantitative estimate of drug-likeness (QED) is 0.875. The number of para-hydroxylation sites is 1. The van der Waals surface area contributed by atoms with Crippen LogP contribution in [-0.2, 0) is 0 Å². The van der Waals surface area contributed by atoms with Crippen LogP contribution in [0.15, 0.2) is 36.5 Å². The van der Waals surface area contributed by atoms with Crippen LogP contribution in [0.3, 0.4) is 0 Å². The second-order valence-electron chi connectivity index (χ2n) is 4.53. The molecule has 0 aliphatic rings. The topological polar surface area (TPSA) is 36.4 Å². The molecule has 17 heavy (non-hydrogen) atoms. The molecule has 90 valence electrons. The van der Waals surface area contributed by atoms with Gasteiger partial charge in [-0.25, -0.2) is 0 Å². The predicted octanol–water partition coefficient (Wildman–Crippen LogP) is 2.22. The molecule has 1 aromatic carbocycles. The smallest absolute Gasteiger partial charge is 0.0823 e. The van der Waals surface area contributed by atoms with E-state index < -0.39 is 6.10 Å². The first kappa shape index (κ1) is 12.0. The monoisotopic (exact) mass is 230 g/mol. The molecule has 1 unspecified atom stereocenters. The van der Waals surface area contributed by atoms with Crippen LogP contribution < -0.4 is 0 Å². The molecule has 2 rings (SSSR count). The Kier molecular flexibility index (Phi) is 3.71. The van der Waals surface area contributed by atoms with Crippen molar-refractivity contribution < 1.29 is 5.11 Å². The number of hydrogen-bond donors (Lipinski definition) is 1. The van der Waals surface area contributed by atoms with Crippen LogP contribution in [0.1, 0.15) is 18.1 Å². The van der Waals surface area contributed by atoms with Crippen LogP contribution in [0.4, 0.5) is 0 Å². The summed E-state index contributed by atoms with van der Waals surface area (Å²) in [6.07, 6.45) is 2.05. The molecule has 2 aromatic rings. The average Bonchev–Trinajstić information content (AvgIpc) is 2.35. The molecule has 1 N–H and O–H groups in total. The SMILES string of the molecule is CN(C)CCC(O)c1cccc2cccnc12. The zero-order chi connectivity index (χ0) is 12.3. The number of nitrogens with zero attached hydrogens (tertiary/aromatic N) is 2. The maximum Gasteiger partial charge on any atom is 0.0823 e. The Morgan fingerprint density at radius 1 is 1.24 bits per heavy atom. The van der Waals surface area contributed by atoms with Crippen molar-refractivity contribution in [1.29, 1.82) is 0 Å². The van der Waals surface area contributed by atoms with Gasteiger partial charge in [0.15, 0.2) is 0 Å². The van der Waals surface area contributed by atoms with Gasteiger partial charge in [0.25, 0.3) is 0 Å². The third kappa shape index (κ3) is 2.81. The lowest BCUT2D eigenvalue weighted by molar-refractivity contribution is 0.155. The largest absolute Gasteiger partial charge is 0.388 e. The first-order valence-electron chi connectivity index (χ1n) is 5.85. The predicted molar refractivity (Wildman–Crippen MR) is 69.9 cm³/mol. The van der Waals surface area contributed by atoms with Gasteiger partial charge in [0.1, 0.15) is 0 Å². The summed E-state index contributed by atoms with van der Waals surface area (Å²) in [6.45, 7) is 0.865. The number of benzene rings is 1. The molecule has 3 heteroatoms. The third-order valence-electron chi connectivity index (χ3n) is 2.87. The van der Waals surface area contributed by atoms with Crippen LogP contribution in [0.2, 0.25) is 0 Å². The molecular weight excluding hydrogens is 212 g/mol. The highest BCUT2D eigenvalue weighted by Gasteiger charge is 2.11. The number of hydrogen-bond acceptors (Lipinski definition) is 3. The molecule has 0 spiro atoms. The molecule has 0 radical (unpaired) electrons. The van der Waals surface area contributed by atoms with E-state index in [4.69, 9.17) is 0 Å². The zero-order valence-corrected chi connectivity index (χ0v) is 10.3. The van der Waals surface area contributed by atoms with Gasteiger partial charge in [-0.05, 0) is 26.6 Å². The van der Waals surface area contributed by atoms with Gasteiger partial charge in [0, 0.05) is 23.7 Å². The molecule has 0 amide bonds. The van der Waals surface area contributed by atoms with Crippen molar-refractivity contribution in [1.82, 2.24) is 9.88 Å². The normalized spacial score (nSPS) is 13.2. The summed E-state index contributed by atoms with van der Waals surface area (Å²) in [5.41, 5.74) is 1.83. The van der Waals surface area contributed by atoms with Gasteiger partial charge in [-0.2, -0.15) is 0 Å². The van der Waals surface area contributed by atoms with Crippen molar-refractivity contribution in [2.45, 2.75) is 12.5 Å². The number of fused-ring (bicyclic) bond motifs is 1. The minimum Gasteiger partial charge on any atom is -0.388 e. The lowest BCUT2D eigenvalue weighted by Gasteiger charge is -2.15. The molecular formula is C14H18N2O. The van der Waals surface area contributed by atoms with Gasteiger partial charge in [0.2, 0.25) is 0 Å². The van der Waals surface area contributed by atoms with Crippen molar-refractivity contribution in [3.8, 4) is 0 Å². The summed E-state index contributed by atoms with van der Waals surface area (Å²) in [5, 5.41) is 11.3. The summed E-state index contributed by atoms with van der Waals surface area (Å²) in [7, 11) is 4.02. The summed E-state index contributed by atoms with van der Waals surface area (Å²) in [4.78, 5) is 6.43. The van der Waals surface area contributed by atoms with Gasteiger partial charge in [-0.15, -0.1) is 0 Å². The molecule has 3 nitrogen and oxygen atoms in total. The van der Waals surface area contributed by atoms with E-state index in [2.05, 4.69) is 9.88 Å². The lowest BCUT2D eigenvalue weighted by Crippen LogP contribution is -2.16. The highest BCUT2D eigenvalue weighted by molar-refractivity contribution is 5.81. The molecule has 0 bridgehead atoms. The molecule has 0 aliphatic carbocycles. The van der Waals surface area contributed by atoms with Gasteiger partial charge in [0.05, 0.1) is 11.6 Å². The Balaban J connectivity index is 2.28. The fraction of sp³-hybridized carbons (Fsp3) is 0.357. The Morgan fingerprint density at radius 3 is 2.76 bits per heavy atom. The van der Waals surface area contributed by atoms with Crippen LogP contribution in [-0.4, -0.2) is 35.6 Å². The van der Waals surface area contributed by atoms with E-state index in [0.717, 1.165) is 29.4 Å². The second-order valence-corrected chi connectivity index (χ2v) is 4.53. The molecule has 0 fully saturated rings. The van der Waals surface area contributed by atoms with E-state index in [1.165, 1.54) is 0 Å². The fourth-order valence-corrected chi connectivity index (χ4v) is 1.93. The van der Waals surface area contributed by atoms with Crippen molar-refractivity contribution in [2.24, 2.45) is 0 Å². The van der Waals surface area contributed by atoms with Crippen molar-refractivity contribution >= 4 is 10.9 Å². The lowest BCUT2D eigenvalue weighted by atomic mass is 10.0. The number of aliphatic hydroxyl groups is 1. The maximum absolute atomic E-state index is 10.2. The second kappa shape index (κ2) is 5.25. The van der Waals surface area contributed by atoms with Gasteiger partial charge in [-0.1, -0.05) is 24.3 Å². The maximum atomic E-state index is 10.2. The number of pyridine rings is 1. The first-order valence-corrected chi connectivity index (χ1v) is 5.85. The summed E-state index contributed by atoms with van der Waals surface area (Å²) in [6, 6.07) is 9.88. The Bertz CT molecular complexity index is 491. The minimum absolute atomic E-state index is 0.448. The van der Waals surface area contributed by atoms with E-state index in [9.17, 15) is 5.11 Å². The number of aliphatic hydroxyl groups excluding tert-OH is 1. The highest BCUT2D eigenvalue weighted by atomic mass is 16.3. The average molecular weight is 230 g/mol. The van der Waals surface area contributed by atoms with Crippen LogP contribution >= 0.6 is 0 Å². The molecule has 0 saturated heterocycles. The van der Waals surface area contributed by atoms with Crippen LogP contribution in [0.5, 0.6) is 0 Å². The molecule has 0 saturated carbocycles. The molecule has 1 atom stereocenters. The third-order valence-corrected chi connectivity index (χ3v) is 2.87. The summed E-state index contributed by atoms with van der Waals surface area (Å²) in [5.74, 6) is 0. The summed E-state index contributed by atoms with van der Waals surface area (Å²) < 4.78 is 0. The standard InChI is InChI=1S/C14H18N2O/c1-16(2)10-8-13(17)12-7-3-5-11-6-4-9-15-14(11)12/h3-7,9,13,17H,8,10H2,1-2H3. The number of aromatic nitrogens is 1. The Hall–Kier alpha value is -1.45. The van der Waals surface area contributed by atoms with E-state index in [1.807, 2.05) is 44.4 Å². The zero-order valence-electron chi connectivity index (χ0n) is 10.3. The van der Waals surface area contributed by atoms with E-state index >= 15 is 0 Å². The Morgan fingerprint density at radius 2 is 2.00 bits per heavy atom. The first-order chi connectivity index (χ1) is 8.18. The van der Waals surface area contributed by atoms with Gasteiger partial charge < -0.3 is 10.0 Å². The van der Waals surface area contributed by atoms with Crippen molar-refractivity contribution in [2.75, 3.05) is 20.6 Å². The van der Waals surface area contributed by atoms with Gasteiger partial charge >= 0.3 is 0 Å². The Labute approximate surface area is 102 Å². The fourth-order valence-electron chi connectivity index (χ4n) is 1.93. The van der Waals surface area contributed by atoms with Crippen LogP contribution in [0.25, 0.3) is 10.9 Å². The summed E-state index contributed by atoms with van der Waals surface area (Å²) >= 11 is 0. The van der Waals surface area contributed by atoms with Crippen molar-refractivity contribution in [3.05, 3.63) is 42.1 Å². The van der Waals surface area contributed by atoms with E-state index in [0.29, 0.717) is 0 Å². The van der Waals surface area contributed by atoms with Crippen molar-refractivity contribution in [3.63, 3.8) is 0 Å². The number of rotatable bonds is 4.